The third-order valence-electron chi connectivity index (χ3n) is 2.56. The second kappa shape index (κ2) is 8.69. The van der Waals surface area contributed by atoms with Crippen molar-refractivity contribution >= 4 is 34.0 Å². The van der Waals surface area contributed by atoms with Crippen LogP contribution in [0.1, 0.15) is 20.8 Å². The van der Waals surface area contributed by atoms with Gasteiger partial charge in [0.1, 0.15) is 5.60 Å². The van der Waals surface area contributed by atoms with Gasteiger partial charge >= 0.3 is 0 Å². The Morgan fingerprint density at radius 2 is 1.74 bits per heavy atom. The predicted octanol–water partition coefficient (Wildman–Crippen LogP) is 5.47. The lowest BCUT2D eigenvalue weighted by molar-refractivity contribution is -0.326. The van der Waals surface area contributed by atoms with E-state index in [1.165, 1.54) is 0 Å². The number of rotatable bonds is 3. The van der Waals surface area contributed by atoms with Gasteiger partial charge < -0.3 is 10.0 Å². The van der Waals surface area contributed by atoms with Gasteiger partial charge in [-0.15, -0.1) is 4.91 Å². The third kappa shape index (κ3) is 6.83. The van der Waals surface area contributed by atoms with Crippen molar-refractivity contribution in [2.75, 3.05) is 0 Å². The molecule has 0 fully saturated rings. The number of hydrogen-bond acceptors (Lipinski definition) is 5. The van der Waals surface area contributed by atoms with E-state index in [1.54, 1.807) is 26.8 Å². The Balaban J connectivity index is 0.000000322. The van der Waals surface area contributed by atoms with Crippen molar-refractivity contribution in [2.45, 2.75) is 26.4 Å². The molecule has 0 radical (unpaired) electrons. The highest BCUT2D eigenvalue weighted by atomic mass is 79.9. The minimum absolute atomic E-state index is 0.429. The molecule has 0 aromatic heterocycles. The Kier molecular flexibility index (Phi) is 7.25. The predicted molar refractivity (Wildman–Crippen MR) is 96.9 cm³/mol. The molecule has 2 aromatic carbocycles. The van der Waals surface area contributed by atoms with Crippen LogP contribution in [-0.2, 0) is 17.3 Å². The minimum atomic E-state index is -0.429. The van der Waals surface area contributed by atoms with Gasteiger partial charge in [0, 0.05) is 6.07 Å². The van der Waals surface area contributed by atoms with Crippen molar-refractivity contribution in [2.24, 2.45) is 5.34 Å². The maximum atomic E-state index is 11.0. The Bertz CT molecular complexity index is 673. The van der Waals surface area contributed by atoms with Crippen LogP contribution in [0.4, 0.5) is 5.69 Å². The van der Waals surface area contributed by atoms with E-state index in [0.29, 0.717) is 14.3 Å². The zero-order chi connectivity index (χ0) is 17.5. The quantitative estimate of drug-likeness (QED) is 0.391. The monoisotopic (exact) mass is 396 g/mol. The standard InChI is InChI=1S/C12H8BrNOS.C4H9NO2/c13-11-8-10(6-7-12(11)14(15)16)9-4-2-1-3-5-9;1-4(2,3)7-5-6/h1-8H;1-3H3. The van der Waals surface area contributed by atoms with Gasteiger partial charge in [0.05, 0.1) is 4.47 Å². The first-order chi connectivity index (χ1) is 10.7. The van der Waals surface area contributed by atoms with Gasteiger partial charge in [0.2, 0.25) is 5.69 Å². The summed E-state index contributed by atoms with van der Waals surface area (Å²) in [6.45, 7) is 5.28. The largest absolute Gasteiger partial charge is 0.605 e. The van der Waals surface area contributed by atoms with E-state index in [4.69, 9.17) is 0 Å². The summed E-state index contributed by atoms with van der Waals surface area (Å²) in [7, 11) is 0. The molecule has 122 valence electrons. The number of halogens is 1. The summed E-state index contributed by atoms with van der Waals surface area (Å²) in [6, 6.07) is 15.4. The van der Waals surface area contributed by atoms with Crippen LogP contribution in [0.3, 0.4) is 0 Å². The molecule has 2 aromatic rings. The molecule has 0 N–H and O–H groups in total. The van der Waals surface area contributed by atoms with E-state index < -0.39 is 5.60 Å². The average molecular weight is 397 g/mol. The van der Waals surface area contributed by atoms with E-state index in [0.717, 1.165) is 11.1 Å². The fourth-order valence-electron chi connectivity index (χ4n) is 1.58. The molecule has 0 atom stereocenters. The van der Waals surface area contributed by atoms with Crippen molar-refractivity contribution in [3.05, 3.63) is 63.1 Å². The summed E-state index contributed by atoms with van der Waals surface area (Å²) in [5.41, 5.74) is 2.18. The maximum absolute atomic E-state index is 11.0. The third-order valence-corrected chi connectivity index (χ3v) is 3.39. The van der Waals surface area contributed by atoms with E-state index in [2.05, 4.69) is 38.5 Å². The minimum Gasteiger partial charge on any atom is -0.605 e. The summed E-state index contributed by atoms with van der Waals surface area (Å²) >= 11 is 7.88. The molecule has 2 rings (SSSR count). The van der Waals surface area contributed by atoms with Crippen LogP contribution in [0.15, 0.2) is 58.3 Å². The smallest absolute Gasteiger partial charge is 0.284 e. The summed E-state index contributed by atoms with van der Waals surface area (Å²) in [4.78, 5) is 13.6. The van der Waals surface area contributed by atoms with Crippen LogP contribution in [-0.4, -0.2) is 9.71 Å². The van der Waals surface area contributed by atoms with E-state index >= 15 is 0 Å². The van der Waals surface area contributed by atoms with Crippen molar-refractivity contribution in [1.29, 1.82) is 0 Å². The molecule has 0 saturated heterocycles. The first-order valence-corrected chi connectivity index (χ1v) is 7.90. The van der Waals surface area contributed by atoms with Crippen LogP contribution in [0.5, 0.6) is 0 Å². The van der Waals surface area contributed by atoms with Gasteiger partial charge in [-0.05, 0) is 60.0 Å². The van der Waals surface area contributed by atoms with Crippen molar-refractivity contribution in [3.8, 4) is 11.1 Å². The molecule has 0 aliphatic carbocycles. The molecule has 5 nitrogen and oxygen atoms in total. The zero-order valence-corrected chi connectivity index (χ0v) is 15.4. The Hall–Kier alpha value is -1.86. The zero-order valence-electron chi connectivity index (χ0n) is 13.0. The molecule has 0 heterocycles. The average Bonchev–Trinajstić information content (AvgIpc) is 2.47. The van der Waals surface area contributed by atoms with Gasteiger partial charge in [-0.1, -0.05) is 34.4 Å². The number of benzene rings is 2. The molecule has 0 unspecified atom stereocenters. The van der Waals surface area contributed by atoms with Crippen molar-refractivity contribution in [3.63, 3.8) is 0 Å². The molecule has 0 spiro atoms. The van der Waals surface area contributed by atoms with Crippen LogP contribution in [0.25, 0.3) is 11.1 Å². The molecule has 23 heavy (non-hydrogen) atoms. The second-order valence-corrected chi connectivity index (χ2v) is 6.75. The summed E-state index contributed by atoms with van der Waals surface area (Å²) in [5, 5.41) is 13.3. The van der Waals surface area contributed by atoms with Gasteiger partial charge in [-0.2, -0.15) is 0 Å². The summed E-state index contributed by atoms with van der Waals surface area (Å²) < 4.78 is 1.14. The lowest BCUT2D eigenvalue weighted by Crippen LogP contribution is -2.14. The molecular formula is C16H17BrN2O3S. The SMILES string of the molecule is CC(C)(C)ON=O.[O-][N+](=S)c1ccc(-c2ccccc2)cc1Br. The van der Waals surface area contributed by atoms with Crippen LogP contribution in [0.2, 0.25) is 0 Å². The van der Waals surface area contributed by atoms with Crippen molar-refractivity contribution < 1.29 is 8.95 Å². The molecule has 0 amide bonds. The number of nitrogens with zero attached hydrogens (tertiary/aromatic N) is 2. The molecule has 0 saturated carbocycles. The van der Waals surface area contributed by atoms with Crippen LogP contribution in [0, 0.1) is 10.1 Å². The van der Waals surface area contributed by atoms with E-state index in [-0.39, 0.29) is 0 Å². The van der Waals surface area contributed by atoms with Crippen molar-refractivity contribution in [1.82, 2.24) is 0 Å². The molecule has 0 aliphatic heterocycles. The van der Waals surface area contributed by atoms with Gasteiger partial charge in [0.25, 0.3) is 12.4 Å². The van der Waals surface area contributed by atoms with E-state index in [9.17, 15) is 10.1 Å². The molecular weight excluding hydrogens is 380 g/mol. The van der Waals surface area contributed by atoms with Gasteiger partial charge in [-0.25, -0.2) is 0 Å². The van der Waals surface area contributed by atoms with E-state index in [1.807, 2.05) is 42.5 Å². The second-order valence-electron chi connectivity index (χ2n) is 5.57. The van der Waals surface area contributed by atoms with Crippen LogP contribution < -0.4 is 0 Å². The molecule has 0 aliphatic rings. The van der Waals surface area contributed by atoms with Gasteiger partial charge in [-0.3, -0.25) is 0 Å². The first-order valence-electron chi connectivity index (χ1n) is 6.75. The highest BCUT2D eigenvalue weighted by Crippen LogP contribution is 2.30. The lowest BCUT2D eigenvalue weighted by Gasteiger charge is -2.11. The Labute approximate surface area is 149 Å². The summed E-state index contributed by atoms with van der Waals surface area (Å²) in [5.74, 6) is 0. The number of hydrogen-bond donors (Lipinski definition) is 0. The Morgan fingerprint density at radius 1 is 1.13 bits per heavy atom. The normalized spacial score (nSPS) is 10.3. The van der Waals surface area contributed by atoms with Gasteiger partial charge in [0.15, 0.2) is 5.34 Å². The Morgan fingerprint density at radius 3 is 2.13 bits per heavy atom. The fraction of sp³-hybridized carbons (Fsp3) is 0.250. The first kappa shape index (κ1) is 19.2. The maximum Gasteiger partial charge on any atom is 0.284 e. The highest BCUT2D eigenvalue weighted by molar-refractivity contribution is 9.10. The topological polar surface area (TPSA) is 64.7 Å². The van der Waals surface area contributed by atoms with Crippen LogP contribution >= 0.6 is 15.9 Å². The fourth-order valence-corrected chi connectivity index (χ4v) is 2.39. The summed E-state index contributed by atoms with van der Waals surface area (Å²) in [6.07, 6.45) is 0. The lowest BCUT2D eigenvalue weighted by atomic mass is 10.1. The highest BCUT2D eigenvalue weighted by Gasteiger charge is 2.10. The molecule has 7 heteroatoms. The molecule has 0 bridgehead atoms.